The van der Waals surface area contributed by atoms with Crippen LogP contribution in [0.5, 0.6) is 5.75 Å². The van der Waals surface area contributed by atoms with Crippen molar-refractivity contribution in [1.29, 1.82) is 0 Å². The van der Waals surface area contributed by atoms with E-state index in [1.165, 1.54) is 44.3 Å². The predicted octanol–water partition coefficient (Wildman–Crippen LogP) is 3.02. The second-order valence-electron chi connectivity index (χ2n) is 5.53. The van der Waals surface area contributed by atoms with Gasteiger partial charge in [0.05, 0.1) is 10.5 Å². The molecule has 0 aromatic heterocycles. The van der Waals surface area contributed by atoms with Gasteiger partial charge in [0.2, 0.25) is 0 Å². The Balaban J connectivity index is 2.16. The molecule has 10 heteroatoms. The highest BCUT2D eigenvalue weighted by molar-refractivity contribution is 7.92. The van der Waals surface area contributed by atoms with Crippen molar-refractivity contribution in [1.82, 2.24) is 5.32 Å². The summed E-state index contributed by atoms with van der Waals surface area (Å²) in [5.41, 5.74) is -1.17. The van der Waals surface area contributed by atoms with Crippen LogP contribution in [-0.2, 0) is 21.0 Å². The number of alkyl halides is 3. The van der Waals surface area contributed by atoms with Gasteiger partial charge in [-0.1, -0.05) is 6.07 Å². The van der Waals surface area contributed by atoms with Crippen molar-refractivity contribution in [3.8, 4) is 5.75 Å². The fraction of sp³-hybridized carbons (Fsp3) is 0.235. The molecule has 0 unspecified atom stereocenters. The van der Waals surface area contributed by atoms with Gasteiger partial charge in [-0.25, -0.2) is 8.42 Å². The molecular weight excluding hydrogens is 385 g/mol. The molecule has 0 aliphatic carbocycles. The molecule has 0 bridgehead atoms. The average Bonchev–Trinajstić information content (AvgIpc) is 2.60. The first-order valence-electron chi connectivity index (χ1n) is 7.71. The monoisotopic (exact) mass is 402 g/mol. The van der Waals surface area contributed by atoms with E-state index < -0.39 is 27.9 Å². The number of rotatable bonds is 6. The van der Waals surface area contributed by atoms with Crippen LogP contribution in [0.15, 0.2) is 53.4 Å². The van der Waals surface area contributed by atoms with E-state index in [0.29, 0.717) is 6.07 Å². The topological polar surface area (TPSA) is 84.5 Å². The first-order chi connectivity index (χ1) is 12.5. The van der Waals surface area contributed by atoms with Gasteiger partial charge in [-0.2, -0.15) is 13.2 Å². The summed E-state index contributed by atoms with van der Waals surface area (Å²) in [7, 11) is -2.64. The van der Waals surface area contributed by atoms with Crippen molar-refractivity contribution in [3.63, 3.8) is 0 Å². The Morgan fingerprint density at radius 1 is 1.11 bits per heavy atom. The summed E-state index contributed by atoms with van der Waals surface area (Å²) in [5.74, 6) is -0.0815. The van der Waals surface area contributed by atoms with E-state index in [2.05, 4.69) is 10.0 Å². The van der Waals surface area contributed by atoms with Gasteiger partial charge < -0.3 is 10.1 Å². The number of hydrogen-bond donors (Lipinski definition) is 2. The molecule has 146 valence electrons. The summed E-state index contributed by atoms with van der Waals surface area (Å²) in [6.07, 6.45) is -5.36. The first-order valence-corrected chi connectivity index (χ1v) is 9.19. The smallest absolute Gasteiger partial charge is 0.416 e. The quantitative estimate of drug-likeness (QED) is 0.778. The number of carbonyl (C=O) groups is 1. The number of amides is 1. The Morgan fingerprint density at radius 3 is 2.30 bits per heavy atom. The number of halogens is 3. The second-order valence-corrected chi connectivity index (χ2v) is 7.21. The molecule has 1 atom stereocenters. The fourth-order valence-electron chi connectivity index (χ4n) is 2.13. The largest absolute Gasteiger partial charge is 0.481 e. The number of anilines is 1. The Hall–Kier alpha value is -2.75. The molecule has 27 heavy (non-hydrogen) atoms. The van der Waals surface area contributed by atoms with E-state index in [1.807, 2.05) is 0 Å². The molecule has 2 N–H and O–H groups in total. The number of likely N-dealkylation sites (N-methyl/N-ethyl adjacent to an activating group) is 1. The van der Waals surface area contributed by atoms with Crippen LogP contribution in [-0.4, -0.2) is 27.5 Å². The molecule has 0 saturated heterocycles. The second kappa shape index (κ2) is 7.87. The third kappa shape index (κ3) is 5.36. The molecule has 1 amide bonds. The maximum absolute atomic E-state index is 12.7. The summed E-state index contributed by atoms with van der Waals surface area (Å²) in [4.78, 5) is 11.3. The lowest BCUT2D eigenvalue weighted by atomic mass is 10.2. The lowest BCUT2D eigenvalue weighted by Crippen LogP contribution is -2.33. The molecule has 0 aliphatic rings. The molecule has 0 spiro atoms. The van der Waals surface area contributed by atoms with Crippen molar-refractivity contribution in [2.45, 2.75) is 24.1 Å². The third-order valence-corrected chi connectivity index (χ3v) is 4.90. The van der Waals surface area contributed by atoms with Crippen LogP contribution in [0.3, 0.4) is 0 Å². The van der Waals surface area contributed by atoms with Gasteiger partial charge in [-0.3, -0.25) is 9.52 Å². The molecule has 2 aromatic carbocycles. The van der Waals surface area contributed by atoms with Crippen LogP contribution in [0.1, 0.15) is 12.5 Å². The number of benzene rings is 2. The van der Waals surface area contributed by atoms with Crippen molar-refractivity contribution in [3.05, 3.63) is 54.1 Å². The van der Waals surface area contributed by atoms with E-state index in [0.717, 1.165) is 12.1 Å². The van der Waals surface area contributed by atoms with Gasteiger partial charge in [0.25, 0.3) is 15.9 Å². The number of hydrogen-bond acceptors (Lipinski definition) is 4. The van der Waals surface area contributed by atoms with Crippen LogP contribution in [0, 0.1) is 0 Å². The number of carbonyl (C=O) groups excluding carboxylic acids is 1. The van der Waals surface area contributed by atoms with Crippen LogP contribution in [0.25, 0.3) is 0 Å². The van der Waals surface area contributed by atoms with Gasteiger partial charge in [0.1, 0.15) is 5.75 Å². The summed E-state index contributed by atoms with van der Waals surface area (Å²) < 4.78 is 70.4. The zero-order valence-corrected chi connectivity index (χ0v) is 15.2. The standard InChI is InChI=1S/C17H17F3N2O4S/c1-11(16(23)21-2)26-14-6-8-15(9-7-14)27(24,25)22-13-5-3-4-12(10-13)17(18,19)20/h3-11,22H,1-2H3,(H,21,23)/t11-/m0/s1. The zero-order valence-electron chi connectivity index (χ0n) is 14.4. The first kappa shape index (κ1) is 20.6. The number of ether oxygens (including phenoxy) is 1. The van der Waals surface area contributed by atoms with E-state index in [-0.39, 0.29) is 22.2 Å². The molecule has 0 heterocycles. The minimum Gasteiger partial charge on any atom is -0.481 e. The molecular formula is C17H17F3N2O4S. The molecule has 0 radical (unpaired) electrons. The van der Waals surface area contributed by atoms with Gasteiger partial charge in [-0.05, 0) is 49.4 Å². The average molecular weight is 402 g/mol. The van der Waals surface area contributed by atoms with Crippen LogP contribution >= 0.6 is 0 Å². The minimum absolute atomic E-state index is 0.167. The SMILES string of the molecule is CNC(=O)[C@H](C)Oc1ccc(S(=O)(=O)Nc2cccc(C(F)(F)F)c2)cc1. The van der Waals surface area contributed by atoms with Gasteiger partial charge in [0, 0.05) is 12.7 Å². The zero-order chi connectivity index (χ0) is 20.2. The van der Waals surface area contributed by atoms with Gasteiger partial charge >= 0.3 is 6.18 Å². The fourth-order valence-corrected chi connectivity index (χ4v) is 3.18. The molecule has 6 nitrogen and oxygen atoms in total. The molecule has 0 aliphatic heterocycles. The maximum Gasteiger partial charge on any atom is 0.416 e. The highest BCUT2D eigenvalue weighted by Crippen LogP contribution is 2.31. The third-order valence-electron chi connectivity index (χ3n) is 3.50. The summed E-state index contributed by atoms with van der Waals surface area (Å²) >= 11 is 0. The van der Waals surface area contributed by atoms with Crippen molar-refractivity contribution < 1.29 is 31.1 Å². The lowest BCUT2D eigenvalue weighted by molar-refractivity contribution is -0.137. The summed E-state index contributed by atoms with van der Waals surface area (Å²) in [6, 6.07) is 9.02. The van der Waals surface area contributed by atoms with Crippen molar-refractivity contribution >= 4 is 21.6 Å². The van der Waals surface area contributed by atoms with Crippen LogP contribution in [0.4, 0.5) is 18.9 Å². The van der Waals surface area contributed by atoms with Gasteiger partial charge in [-0.15, -0.1) is 0 Å². The number of nitrogens with one attached hydrogen (secondary N) is 2. The van der Waals surface area contributed by atoms with Gasteiger partial charge in [0.15, 0.2) is 6.10 Å². The van der Waals surface area contributed by atoms with Crippen molar-refractivity contribution in [2.24, 2.45) is 0 Å². The Labute approximate surface area is 154 Å². The van der Waals surface area contributed by atoms with Crippen LogP contribution < -0.4 is 14.8 Å². The molecule has 0 fully saturated rings. The Bertz CT molecular complexity index is 913. The van der Waals surface area contributed by atoms with E-state index in [9.17, 15) is 26.4 Å². The van der Waals surface area contributed by atoms with E-state index >= 15 is 0 Å². The Morgan fingerprint density at radius 2 is 1.74 bits per heavy atom. The number of sulfonamides is 1. The van der Waals surface area contributed by atoms with Crippen LogP contribution in [0.2, 0.25) is 0 Å². The highest BCUT2D eigenvalue weighted by Gasteiger charge is 2.30. The normalized spacial score (nSPS) is 12.9. The minimum atomic E-state index is -4.58. The van der Waals surface area contributed by atoms with E-state index in [1.54, 1.807) is 0 Å². The molecule has 2 aromatic rings. The maximum atomic E-state index is 12.7. The summed E-state index contributed by atoms with van der Waals surface area (Å²) in [6.45, 7) is 1.53. The lowest BCUT2D eigenvalue weighted by Gasteiger charge is -2.14. The van der Waals surface area contributed by atoms with Crippen molar-refractivity contribution in [2.75, 3.05) is 11.8 Å². The molecule has 0 saturated carbocycles. The summed E-state index contributed by atoms with van der Waals surface area (Å²) in [5, 5.41) is 2.41. The Kier molecular flexibility index (Phi) is 5.99. The van der Waals surface area contributed by atoms with E-state index in [4.69, 9.17) is 4.74 Å². The predicted molar refractivity (Wildman–Crippen MR) is 92.9 cm³/mol. The molecule has 2 rings (SSSR count). The highest BCUT2D eigenvalue weighted by atomic mass is 32.2.